The lowest BCUT2D eigenvalue weighted by molar-refractivity contribution is -0.138. The highest BCUT2D eigenvalue weighted by atomic mass is 35.5. The number of aromatic carboxylic acids is 1. The van der Waals surface area contributed by atoms with Crippen LogP contribution in [0.5, 0.6) is 0 Å². The molecule has 1 atom stereocenters. The van der Waals surface area contributed by atoms with E-state index in [0.29, 0.717) is 17.4 Å². The van der Waals surface area contributed by atoms with E-state index in [1.165, 1.54) is 6.33 Å². The number of amides is 1. The van der Waals surface area contributed by atoms with E-state index >= 15 is 0 Å². The Morgan fingerprint density at radius 1 is 0.884 bits per heavy atom. The first-order valence-electron chi connectivity index (χ1n) is 12.6. The van der Waals surface area contributed by atoms with Crippen molar-refractivity contribution in [3.8, 4) is 5.69 Å². The Labute approximate surface area is 250 Å². The summed E-state index contributed by atoms with van der Waals surface area (Å²) >= 11 is 12.0. The summed E-state index contributed by atoms with van der Waals surface area (Å²) in [5.74, 6) is -2.61. The number of carboxylic acid groups (broad SMARTS) is 1. The van der Waals surface area contributed by atoms with Crippen molar-refractivity contribution < 1.29 is 41.0 Å². The number of rotatable bonds is 5. The monoisotopic (exact) mass is 641 g/mol. The van der Waals surface area contributed by atoms with Crippen molar-refractivity contribution in [2.45, 2.75) is 31.2 Å². The molecule has 224 valence electrons. The number of fused-ring (bicyclic) bond motifs is 1. The number of carboxylic acids is 1. The predicted molar refractivity (Wildman–Crippen MR) is 145 cm³/mol. The van der Waals surface area contributed by atoms with Crippen LogP contribution < -0.4 is 0 Å². The second kappa shape index (κ2) is 11.2. The van der Waals surface area contributed by atoms with Gasteiger partial charge in [0.2, 0.25) is 0 Å². The molecule has 0 bridgehead atoms. The van der Waals surface area contributed by atoms with Gasteiger partial charge in [-0.05, 0) is 42.3 Å². The van der Waals surface area contributed by atoms with Gasteiger partial charge in [0.15, 0.2) is 0 Å². The SMILES string of the molecule is O=C(O)c1ccc(CC2c3ncn(-c4ccccc4)c3CCN2C(=O)c2cccc(C(F)(F)F)c2Cl)c(C(F)(F)F)c1Cl. The van der Waals surface area contributed by atoms with E-state index in [1.807, 2.05) is 0 Å². The first-order chi connectivity index (χ1) is 20.2. The van der Waals surface area contributed by atoms with Gasteiger partial charge in [-0.15, -0.1) is 0 Å². The van der Waals surface area contributed by atoms with Gasteiger partial charge in [-0.1, -0.05) is 53.5 Å². The Balaban J connectivity index is 1.66. The lowest BCUT2D eigenvalue weighted by Gasteiger charge is -2.36. The molecule has 14 heteroatoms. The number of halogens is 8. The van der Waals surface area contributed by atoms with Crippen molar-refractivity contribution in [2.75, 3.05) is 6.54 Å². The highest BCUT2D eigenvalue weighted by Gasteiger charge is 2.42. The molecule has 3 aromatic carbocycles. The van der Waals surface area contributed by atoms with Crippen LogP contribution in [0.1, 0.15) is 54.8 Å². The number of carbonyl (C=O) groups is 2. The van der Waals surface area contributed by atoms with Crippen LogP contribution in [0.2, 0.25) is 10.0 Å². The van der Waals surface area contributed by atoms with Crippen LogP contribution in [0.15, 0.2) is 67.0 Å². The number of hydrogen-bond acceptors (Lipinski definition) is 3. The number of benzene rings is 3. The number of nitrogens with zero attached hydrogens (tertiary/aromatic N) is 3. The fourth-order valence-electron chi connectivity index (χ4n) is 5.24. The molecule has 0 saturated heterocycles. The zero-order valence-electron chi connectivity index (χ0n) is 21.7. The van der Waals surface area contributed by atoms with Crippen LogP contribution in [-0.2, 0) is 25.2 Å². The molecule has 2 heterocycles. The van der Waals surface area contributed by atoms with Crippen molar-refractivity contribution in [3.05, 3.63) is 116 Å². The van der Waals surface area contributed by atoms with Gasteiger partial charge in [-0.25, -0.2) is 9.78 Å². The molecule has 1 aliphatic heterocycles. The number of hydrogen-bond donors (Lipinski definition) is 1. The zero-order valence-corrected chi connectivity index (χ0v) is 23.2. The number of imidazole rings is 1. The van der Waals surface area contributed by atoms with E-state index in [4.69, 9.17) is 23.2 Å². The molecule has 1 amide bonds. The summed E-state index contributed by atoms with van der Waals surface area (Å²) in [5.41, 5.74) is -2.81. The fraction of sp³-hybridized carbons (Fsp3) is 0.207. The minimum atomic E-state index is -5.07. The first-order valence-corrected chi connectivity index (χ1v) is 13.4. The van der Waals surface area contributed by atoms with E-state index in [2.05, 4.69) is 4.98 Å². The van der Waals surface area contributed by atoms with E-state index in [1.54, 1.807) is 34.9 Å². The molecule has 1 aliphatic rings. The summed E-state index contributed by atoms with van der Waals surface area (Å²) in [6.07, 6.45) is -8.84. The normalized spacial score (nSPS) is 15.3. The van der Waals surface area contributed by atoms with Crippen LogP contribution >= 0.6 is 23.2 Å². The summed E-state index contributed by atoms with van der Waals surface area (Å²) in [6, 6.07) is 12.4. The summed E-state index contributed by atoms with van der Waals surface area (Å²) in [5, 5.41) is 7.48. The molecule has 1 N–H and O–H groups in total. The quantitative estimate of drug-likeness (QED) is 0.225. The Kier molecular flexibility index (Phi) is 7.95. The molecule has 6 nitrogen and oxygen atoms in total. The van der Waals surface area contributed by atoms with Crippen molar-refractivity contribution >= 4 is 35.1 Å². The van der Waals surface area contributed by atoms with Crippen molar-refractivity contribution in [1.29, 1.82) is 0 Å². The lowest BCUT2D eigenvalue weighted by atomic mass is 9.91. The maximum Gasteiger partial charge on any atom is 0.418 e. The van der Waals surface area contributed by atoms with Crippen molar-refractivity contribution in [1.82, 2.24) is 14.5 Å². The maximum absolute atomic E-state index is 14.3. The Morgan fingerprint density at radius 2 is 1.58 bits per heavy atom. The Hall–Kier alpha value is -4.03. The molecule has 1 aromatic heterocycles. The maximum atomic E-state index is 14.3. The number of carbonyl (C=O) groups excluding carboxylic acids is 1. The summed E-state index contributed by atoms with van der Waals surface area (Å²) in [6.45, 7) is -0.0934. The first kappa shape index (κ1) is 30.4. The molecule has 0 fully saturated rings. The molecule has 5 rings (SSSR count). The van der Waals surface area contributed by atoms with Crippen LogP contribution in [0.3, 0.4) is 0 Å². The highest BCUT2D eigenvalue weighted by molar-refractivity contribution is 6.35. The van der Waals surface area contributed by atoms with Gasteiger partial charge in [0.1, 0.15) is 0 Å². The standard InChI is InChI=1S/C29H19Cl2F6N3O3/c30-23-17(7-4-8-19(23)28(32,33)34)26(41)39-12-11-20-25(38-14-40(20)16-5-2-1-3-6-16)21(39)13-15-9-10-18(27(42)43)24(31)22(15)29(35,36)37/h1-10,14,21H,11-13H2,(H,42,43). The number of alkyl halides is 6. The van der Waals surface area contributed by atoms with Gasteiger partial charge in [0.25, 0.3) is 5.91 Å². The van der Waals surface area contributed by atoms with E-state index in [9.17, 15) is 41.0 Å². The lowest BCUT2D eigenvalue weighted by Crippen LogP contribution is -2.42. The van der Waals surface area contributed by atoms with Gasteiger partial charge < -0.3 is 14.6 Å². The fourth-order valence-corrected chi connectivity index (χ4v) is 5.93. The number of aromatic nitrogens is 2. The van der Waals surface area contributed by atoms with E-state index in [0.717, 1.165) is 29.2 Å². The van der Waals surface area contributed by atoms with E-state index in [-0.39, 0.29) is 18.7 Å². The molecule has 0 aliphatic carbocycles. The minimum Gasteiger partial charge on any atom is -0.478 e. The van der Waals surface area contributed by atoms with E-state index < -0.39 is 74.6 Å². The third-order valence-electron chi connectivity index (χ3n) is 7.17. The zero-order chi connectivity index (χ0) is 31.3. The van der Waals surface area contributed by atoms with Crippen LogP contribution in [0, 0.1) is 0 Å². The average molecular weight is 642 g/mol. The van der Waals surface area contributed by atoms with Gasteiger partial charge in [0, 0.05) is 24.3 Å². The van der Waals surface area contributed by atoms with Gasteiger partial charge in [-0.3, -0.25) is 4.79 Å². The molecular formula is C29H19Cl2F6N3O3. The largest absolute Gasteiger partial charge is 0.478 e. The molecule has 4 aromatic rings. The molecule has 0 radical (unpaired) electrons. The van der Waals surface area contributed by atoms with Crippen molar-refractivity contribution in [2.24, 2.45) is 0 Å². The van der Waals surface area contributed by atoms with Crippen LogP contribution in [0.25, 0.3) is 5.69 Å². The Morgan fingerprint density at radius 3 is 2.21 bits per heavy atom. The third-order valence-corrected chi connectivity index (χ3v) is 7.97. The van der Waals surface area contributed by atoms with Crippen LogP contribution in [0.4, 0.5) is 26.3 Å². The van der Waals surface area contributed by atoms with Gasteiger partial charge in [0.05, 0.1) is 50.4 Å². The smallest absolute Gasteiger partial charge is 0.418 e. The second-order valence-electron chi connectivity index (χ2n) is 9.68. The minimum absolute atomic E-state index is 0.0934. The van der Waals surface area contributed by atoms with Crippen molar-refractivity contribution in [3.63, 3.8) is 0 Å². The second-order valence-corrected chi connectivity index (χ2v) is 10.4. The molecule has 43 heavy (non-hydrogen) atoms. The summed E-state index contributed by atoms with van der Waals surface area (Å²) < 4.78 is 85.2. The molecule has 0 saturated carbocycles. The summed E-state index contributed by atoms with van der Waals surface area (Å²) in [7, 11) is 0. The highest BCUT2D eigenvalue weighted by Crippen LogP contribution is 2.43. The van der Waals surface area contributed by atoms with Crippen LogP contribution in [-0.4, -0.2) is 38.0 Å². The molecule has 1 unspecified atom stereocenters. The topological polar surface area (TPSA) is 75.4 Å². The number of para-hydroxylation sites is 1. The van der Waals surface area contributed by atoms with Gasteiger partial charge >= 0.3 is 18.3 Å². The Bertz CT molecular complexity index is 1720. The third kappa shape index (κ3) is 5.68. The molecule has 0 spiro atoms. The predicted octanol–water partition coefficient (Wildman–Crippen LogP) is 7.90. The molecular weight excluding hydrogens is 623 g/mol. The van der Waals surface area contributed by atoms with Gasteiger partial charge in [-0.2, -0.15) is 26.3 Å². The summed E-state index contributed by atoms with van der Waals surface area (Å²) in [4.78, 5) is 30.9. The average Bonchev–Trinajstić information content (AvgIpc) is 3.37.